The van der Waals surface area contributed by atoms with Crippen LogP contribution in [0.4, 0.5) is 16.2 Å². The molecule has 7 nitrogen and oxygen atoms in total. The van der Waals surface area contributed by atoms with E-state index in [2.05, 4.69) is 24.1 Å². The summed E-state index contributed by atoms with van der Waals surface area (Å²) >= 11 is 0.825. The number of carbonyl (C=O) groups excluding carboxylic acids is 3. The Balaban J connectivity index is 1.53. The summed E-state index contributed by atoms with van der Waals surface area (Å²) in [7, 11) is 0. The topological polar surface area (TPSA) is 79.0 Å². The van der Waals surface area contributed by atoms with Gasteiger partial charge in [-0.15, -0.1) is 0 Å². The number of carbonyl (C=O) groups is 3. The molecule has 1 aliphatic rings. The number of hydrogen-bond acceptors (Lipinski definition) is 6. The van der Waals surface area contributed by atoms with E-state index in [9.17, 15) is 14.4 Å². The number of benzene rings is 3. The zero-order valence-corrected chi connectivity index (χ0v) is 23.5. The number of ether oxygens (including phenoxy) is 1. The van der Waals surface area contributed by atoms with Crippen molar-refractivity contribution in [3.05, 3.63) is 93.9 Å². The Morgan fingerprint density at radius 2 is 1.72 bits per heavy atom. The van der Waals surface area contributed by atoms with Gasteiger partial charge in [-0.3, -0.25) is 19.3 Å². The number of imide groups is 1. The zero-order valence-electron chi connectivity index (χ0n) is 22.7. The third-order valence-electron chi connectivity index (χ3n) is 6.62. The molecule has 8 heteroatoms. The Bertz CT molecular complexity index is 1400. The Morgan fingerprint density at radius 3 is 2.41 bits per heavy atom. The molecule has 0 atom stereocenters. The highest BCUT2D eigenvalue weighted by molar-refractivity contribution is 8.18. The number of amides is 3. The minimum Gasteiger partial charge on any atom is -0.488 e. The molecular weight excluding hydrogens is 510 g/mol. The first-order chi connectivity index (χ1) is 18.8. The van der Waals surface area contributed by atoms with Gasteiger partial charge in [0.1, 0.15) is 18.9 Å². The molecule has 39 heavy (non-hydrogen) atoms. The monoisotopic (exact) mass is 543 g/mol. The molecule has 1 heterocycles. The van der Waals surface area contributed by atoms with Crippen molar-refractivity contribution in [3.8, 4) is 5.75 Å². The van der Waals surface area contributed by atoms with Crippen LogP contribution in [0.15, 0.2) is 71.6 Å². The fourth-order valence-electron chi connectivity index (χ4n) is 4.23. The molecule has 1 N–H and O–H groups in total. The molecule has 0 aromatic heterocycles. The van der Waals surface area contributed by atoms with Crippen molar-refractivity contribution in [2.45, 2.75) is 34.3 Å². The second-order valence-electron chi connectivity index (χ2n) is 9.28. The summed E-state index contributed by atoms with van der Waals surface area (Å²) < 4.78 is 6.20. The van der Waals surface area contributed by atoms with Gasteiger partial charge in [0.2, 0.25) is 5.91 Å². The summed E-state index contributed by atoms with van der Waals surface area (Å²) in [5.74, 6) is -0.318. The van der Waals surface area contributed by atoms with Crippen molar-refractivity contribution in [1.82, 2.24) is 4.90 Å². The maximum atomic E-state index is 13.2. The van der Waals surface area contributed by atoms with Crippen LogP contribution in [0.3, 0.4) is 0 Å². The average Bonchev–Trinajstić information content (AvgIpc) is 3.19. The molecule has 4 rings (SSSR count). The van der Waals surface area contributed by atoms with Gasteiger partial charge >= 0.3 is 0 Å². The van der Waals surface area contributed by atoms with E-state index in [1.807, 2.05) is 74.5 Å². The predicted octanol–water partition coefficient (Wildman–Crippen LogP) is 6.40. The number of nitrogens with zero attached hydrogens (tertiary/aromatic N) is 2. The highest BCUT2D eigenvalue weighted by Crippen LogP contribution is 2.35. The Kier molecular flexibility index (Phi) is 9.09. The molecule has 0 aliphatic carbocycles. The highest BCUT2D eigenvalue weighted by Gasteiger charge is 2.36. The molecule has 0 spiro atoms. The van der Waals surface area contributed by atoms with Gasteiger partial charge in [-0.1, -0.05) is 36.4 Å². The minimum atomic E-state index is -0.498. The standard InChI is InChI=1S/C31H33N3O4S/c1-5-33(6-2)26-15-13-24(27(18-26)38-20-23-10-8-7-9-11-23)17-28-30(36)34(31(37)39-28)19-29(35)32-25-14-12-21(3)22(4)16-25/h7-18H,5-6,19-20H2,1-4H3,(H,32,35)/b28-17+. The van der Waals surface area contributed by atoms with Crippen molar-refractivity contribution in [3.63, 3.8) is 0 Å². The number of aryl methyl sites for hydroxylation is 2. The van der Waals surface area contributed by atoms with Crippen LogP contribution in [0, 0.1) is 13.8 Å². The molecule has 0 radical (unpaired) electrons. The molecule has 3 aromatic rings. The van der Waals surface area contributed by atoms with Crippen LogP contribution in [0.5, 0.6) is 5.75 Å². The first kappa shape index (κ1) is 28.0. The van der Waals surface area contributed by atoms with E-state index in [1.54, 1.807) is 12.1 Å². The largest absolute Gasteiger partial charge is 0.488 e. The molecule has 202 valence electrons. The fraction of sp³-hybridized carbons (Fsp3) is 0.258. The number of hydrogen-bond donors (Lipinski definition) is 1. The van der Waals surface area contributed by atoms with E-state index in [1.165, 1.54) is 0 Å². The van der Waals surface area contributed by atoms with Crippen LogP contribution >= 0.6 is 11.8 Å². The summed E-state index contributed by atoms with van der Waals surface area (Å²) in [6.45, 7) is 9.83. The van der Waals surface area contributed by atoms with Crippen LogP contribution in [0.1, 0.15) is 36.1 Å². The Hall–Kier alpha value is -4.04. The zero-order chi connectivity index (χ0) is 27.9. The van der Waals surface area contributed by atoms with E-state index < -0.39 is 17.1 Å². The van der Waals surface area contributed by atoms with Gasteiger partial charge < -0.3 is 15.0 Å². The van der Waals surface area contributed by atoms with Crippen molar-refractivity contribution >= 4 is 46.3 Å². The lowest BCUT2D eigenvalue weighted by atomic mass is 10.1. The SMILES string of the molecule is CCN(CC)c1ccc(/C=C2/SC(=O)N(CC(=O)Nc3ccc(C)c(C)c3)C2=O)c(OCc2ccccc2)c1. The number of nitrogens with one attached hydrogen (secondary N) is 1. The molecule has 3 amide bonds. The summed E-state index contributed by atoms with van der Waals surface area (Å²) in [4.78, 5) is 41.9. The van der Waals surface area contributed by atoms with Crippen LogP contribution in [-0.2, 0) is 16.2 Å². The van der Waals surface area contributed by atoms with Gasteiger partial charge in [-0.05, 0) is 86.5 Å². The molecule has 0 unspecified atom stereocenters. The van der Waals surface area contributed by atoms with Crippen molar-refractivity contribution in [1.29, 1.82) is 0 Å². The van der Waals surface area contributed by atoms with E-state index in [-0.39, 0.29) is 11.4 Å². The van der Waals surface area contributed by atoms with E-state index in [0.29, 0.717) is 23.6 Å². The quantitative estimate of drug-likeness (QED) is 0.298. The second kappa shape index (κ2) is 12.7. The third-order valence-corrected chi connectivity index (χ3v) is 7.52. The van der Waals surface area contributed by atoms with E-state index >= 15 is 0 Å². The summed E-state index contributed by atoms with van der Waals surface area (Å²) in [6, 6.07) is 21.3. The van der Waals surface area contributed by atoms with Crippen LogP contribution in [0.25, 0.3) is 6.08 Å². The maximum absolute atomic E-state index is 13.2. The van der Waals surface area contributed by atoms with Crippen molar-refractivity contribution < 1.29 is 19.1 Å². The first-order valence-corrected chi connectivity index (χ1v) is 13.8. The van der Waals surface area contributed by atoms with Crippen LogP contribution in [-0.4, -0.2) is 41.6 Å². The first-order valence-electron chi connectivity index (χ1n) is 13.0. The lowest BCUT2D eigenvalue weighted by molar-refractivity contribution is -0.127. The molecule has 1 saturated heterocycles. The smallest absolute Gasteiger partial charge is 0.294 e. The van der Waals surface area contributed by atoms with Gasteiger partial charge in [0.15, 0.2) is 0 Å². The average molecular weight is 544 g/mol. The van der Waals surface area contributed by atoms with Gasteiger partial charge in [-0.2, -0.15) is 0 Å². The van der Waals surface area contributed by atoms with Gasteiger partial charge in [0, 0.05) is 36.1 Å². The number of thioether (sulfide) groups is 1. The van der Waals surface area contributed by atoms with Crippen LogP contribution < -0.4 is 15.0 Å². The predicted molar refractivity (Wildman–Crippen MR) is 158 cm³/mol. The van der Waals surface area contributed by atoms with Gasteiger partial charge in [0.25, 0.3) is 11.1 Å². The normalized spacial score (nSPS) is 14.2. The van der Waals surface area contributed by atoms with Gasteiger partial charge in [-0.25, -0.2) is 0 Å². The fourth-order valence-corrected chi connectivity index (χ4v) is 5.06. The summed E-state index contributed by atoms with van der Waals surface area (Å²) in [5.41, 5.74) is 5.50. The lowest BCUT2D eigenvalue weighted by Gasteiger charge is -2.22. The Labute approximate surface area is 233 Å². The number of anilines is 2. The molecule has 3 aromatic carbocycles. The van der Waals surface area contributed by atoms with E-state index in [0.717, 1.165) is 52.1 Å². The van der Waals surface area contributed by atoms with Gasteiger partial charge in [0.05, 0.1) is 4.91 Å². The molecule has 1 fully saturated rings. The minimum absolute atomic E-state index is 0.249. The van der Waals surface area contributed by atoms with Crippen molar-refractivity contribution in [2.24, 2.45) is 0 Å². The maximum Gasteiger partial charge on any atom is 0.294 e. The third kappa shape index (κ3) is 6.89. The summed E-state index contributed by atoms with van der Waals surface area (Å²) in [5, 5.41) is 2.29. The van der Waals surface area contributed by atoms with Crippen molar-refractivity contribution in [2.75, 3.05) is 29.9 Å². The van der Waals surface area contributed by atoms with Crippen LogP contribution in [0.2, 0.25) is 0 Å². The van der Waals surface area contributed by atoms with E-state index in [4.69, 9.17) is 4.74 Å². The molecule has 0 saturated carbocycles. The second-order valence-corrected chi connectivity index (χ2v) is 10.3. The Morgan fingerprint density at radius 1 is 0.974 bits per heavy atom. The molecule has 0 bridgehead atoms. The highest BCUT2D eigenvalue weighted by atomic mass is 32.2. The lowest BCUT2D eigenvalue weighted by Crippen LogP contribution is -2.36. The summed E-state index contributed by atoms with van der Waals surface area (Å²) in [6.07, 6.45) is 1.67. The molecular formula is C31H33N3O4S. The molecule has 1 aliphatic heterocycles. The number of rotatable bonds is 10.